The molecule has 172 valence electrons. The number of hydrogen-bond acceptors (Lipinski definition) is 5. The lowest BCUT2D eigenvalue weighted by Crippen LogP contribution is -2.44. The fourth-order valence-corrected chi connectivity index (χ4v) is 3.95. The lowest BCUT2D eigenvalue weighted by Gasteiger charge is -2.39. The van der Waals surface area contributed by atoms with Crippen LogP contribution in [-0.4, -0.2) is 33.0 Å². The highest BCUT2D eigenvalue weighted by molar-refractivity contribution is 6.74. The summed E-state index contributed by atoms with van der Waals surface area (Å²) >= 11 is 0. The van der Waals surface area contributed by atoms with Gasteiger partial charge in [0, 0.05) is 12.8 Å². The van der Waals surface area contributed by atoms with Crippen molar-refractivity contribution in [3.05, 3.63) is 59.9 Å². The first-order valence-electron chi connectivity index (χ1n) is 10.8. The molecular formula is C25H38O5Si. The van der Waals surface area contributed by atoms with Crippen molar-refractivity contribution in [1.29, 1.82) is 0 Å². The third-order valence-electron chi connectivity index (χ3n) is 5.42. The number of benzene rings is 1. The van der Waals surface area contributed by atoms with Crippen LogP contribution in [-0.2, 0) is 29.9 Å². The summed E-state index contributed by atoms with van der Waals surface area (Å²) in [4.78, 5) is 23.8. The molecule has 1 rings (SSSR count). The SMILES string of the molecule is CCOC(=O)/C(=C\[C@H](C)[C@H](/C=C/Cc1ccccc1)O[Si](C)(C)C(C)(C)C)OC(C)=O. The summed E-state index contributed by atoms with van der Waals surface area (Å²) in [5, 5.41) is 0.0296. The highest BCUT2D eigenvalue weighted by Crippen LogP contribution is 2.38. The molecule has 6 heteroatoms. The van der Waals surface area contributed by atoms with Crippen molar-refractivity contribution >= 4 is 20.3 Å². The van der Waals surface area contributed by atoms with Crippen molar-refractivity contribution in [3.8, 4) is 0 Å². The Balaban J connectivity index is 3.19. The third-order valence-corrected chi connectivity index (χ3v) is 9.90. The molecule has 0 spiro atoms. The zero-order valence-corrected chi connectivity index (χ0v) is 21.2. The van der Waals surface area contributed by atoms with Crippen LogP contribution in [0.4, 0.5) is 0 Å². The molecule has 1 aromatic carbocycles. The summed E-state index contributed by atoms with van der Waals surface area (Å²) in [6.45, 7) is 16.1. The van der Waals surface area contributed by atoms with E-state index < -0.39 is 20.3 Å². The fourth-order valence-electron chi connectivity index (χ4n) is 2.63. The number of rotatable bonds is 10. The molecule has 5 nitrogen and oxygen atoms in total. The highest BCUT2D eigenvalue weighted by atomic mass is 28.4. The summed E-state index contributed by atoms with van der Waals surface area (Å²) in [5.41, 5.74) is 1.21. The van der Waals surface area contributed by atoms with Crippen molar-refractivity contribution in [1.82, 2.24) is 0 Å². The maximum absolute atomic E-state index is 12.3. The Morgan fingerprint density at radius 2 is 1.74 bits per heavy atom. The van der Waals surface area contributed by atoms with Gasteiger partial charge in [0.05, 0.1) is 12.7 Å². The predicted octanol–water partition coefficient (Wildman–Crippen LogP) is 5.82. The van der Waals surface area contributed by atoms with Crippen LogP contribution in [0, 0.1) is 5.92 Å². The highest BCUT2D eigenvalue weighted by Gasteiger charge is 2.39. The molecule has 0 bridgehead atoms. The minimum absolute atomic E-state index is 0.0296. The van der Waals surface area contributed by atoms with Gasteiger partial charge in [-0.25, -0.2) is 4.79 Å². The molecule has 0 radical (unpaired) electrons. The molecule has 0 aromatic heterocycles. The number of hydrogen-bond donors (Lipinski definition) is 0. The maximum atomic E-state index is 12.3. The van der Waals surface area contributed by atoms with Crippen molar-refractivity contribution in [3.63, 3.8) is 0 Å². The molecule has 0 amide bonds. The summed E-state index contributed by atoms with van der Waals surface area (Å²) in [6.07, 6.45) is 6.27. The van der Waals surface area contributed by atoms with Crippen molar-refractivity contribution in [2.75, 3.05) is 6.61 Å². The summed E-state index contributed by atoms with van der Waals surface area (Å²) < 4.78 is 16.8. The topological polar surface area (TPSA) is 61.8 Å². The van der Waals surface area contributed by atoms with Gasteiger partial charge < -0.3 is 13.9 Å². The first-order chi connectivity index (χ1) is 14.4. The zero-order valence-electron chi connectivity index (χ0n) is 20.2. The Kier molecular flexibility index (Phi) is 10.4. The summed E-state index contributed by atoms with van der Waals surface area (Å²) in [5.74, 6) is -1.51. The van der Waals surface area contributed by atoms with E-state index >= 15 is 0 Å². The van der Waals surface area contributed by atoms with E-state index in [9.17, 15) is 9.59 Å². The molecule has 0 N–H and O–H groups in total. The average molecular weight is 447 g/mol. The maximum Gasteiger partial charge on any atom is 0.374 e. The van der Waals surface area contributed by atoms with E-state index in [4.69, 9.17) is 13.9 Å². The molecule has 0 aliphatic carbocycles. The standard InChI is InChI=1S/C25H38O5Si/c1-9-28-24(27)23(29-20(3)26)18-19(2)22(30-31(7,8)25(4,5)6)17-13-16-21-14-11-10-12-15-21/h10-15,17-19,22H,9,16H2,1-8H3/b17-13+,23-18+/t19-,22-/m0/s1. The van der Waals surface area contributed by atoms with E-state index in [0.717, 1.165) is 6.42 Å². The fraction of sp³-hybridized carbons (Fsp3) is 0.520. The minimum Gasteiger partial charge on any atom is -0.460 e. The molecule has 0 saturated heterocycles. The van der Waals surface area contributed by atoms with Crippen molar-refractivity contribution < 1.29 is 23.5 Å². The van der Waals surface area contributed by atoms with Gasteiger partial charge in [-0.3, -0.25) is 4.79 Å². The number of carbonyl (C=O) groups is 2. The Morgan fingerprint density at radius 1 is 1.13 bits per heavy atom. The van der Waals surface area contributed by atoms with Crippen LogP contribution < -0.4 is 0 Å². The van der Waals surface area contributed by atoms with Gasteiger partial charge in [-0.1, -0.05) is 70.2 Å². The zero-order chi connectivity index (χ0) is 23.7. The van der Waals surface area contributed by atoms with Gasteiger partial charge in [0.15, 0.2) is 8.32 Å². The van der Waals surface area contributed by atoms with Crippen LogP contribution in [0.15, 0.2) is 54.3 Å². The lowest BCUT2D eigenvalue weighted by atomic mass is 10.0. The normalized spacial score (nSPS) is 14.9. The van der Waals surface area contributed by atoms with E-state index in [2.05, 4.69) is 52.1 Å². The van der Waals surface area contributed by atoms with Gasteiger partial charge in [-0.15, -0.1) is 0 Å². The second kappa shape index (κ2) is 12.0. The second-order valence-corrected chi connectivity index (χ2v) is 13.9. The quantitative estimate of drug-likeness (QED) is 0.149. The van der Waals surface area contributed by atoms with Crippen LogP contribution >= 0.6 is 0 Å². The molecule has 2 atom stereocenters. The summed E-state index contributed by atoms with van der Waals surface area (Å²) in [7, 11) is -2.09. The smallest absolute Gasteiger partial charge is 0.374 e. The van der Waals surface area contributed by atoms with Gasteiger partial charge >= 0.3 is 11.9 Å². The van der Waals surface area contributed by atoms with Gasteiger partial charge in [-0.2, -0.15) is 0 Å². The molecule has 31 heavy (non-hydrogen) atoms. The Labute approximate surface area is 188 Å². The molecule has 0 saturated carbocycles. The number of ether oxygens (including phenoxy) is 2. The number of allylic oxidation sites excluding steroid dienone is 1. The molecule has 0 unspecified atom stereocenters. The van der Waals surface area contributed by atoms with Crippen LogP contribution in [0.2, 0.25) is 18.1 Å². The van der Waals surface area contributed by atoms with Gasteiger partial charge in [0.1, 0.15) is 0 Å². The second-order valence-electron chi connectivity index (χ2n) is 9.16. The number of carbonyl (C=O) groups excluding carboxylic acids is 2. The average Bonchev–Trinajstić information content (AvgIpc) is 2.66. The first-order valence-corrected chi connectivity index (χ1v) is 13.7. The molecular weight excluding hydrogens is 408 g/mol. The molecule has 0 aliphatic rings. The van der Waals surface area contributed by atoms with Crippen LogP contribution in [0.5, 0.6) is 0 Å². The Morgan fingerprint density at radius 3 is 2.26 bits per heavy atom. The van der Waals surface area contributed by atoms with E-state index in [-0.39, 0.29) is 29.4 Å². The van der Waals surface area contributed by atoms with Crippen molar-refractivity contribution in [2.24, 2.45) is 5.92 Å². The minimum atomic E-state index is -2.09. The molecule has 1 aromatic rings. The van der Waals surface area contributed by atoms with Crippen LogP contribution in [0.25, 0.3) is 0 Å². The van der Waals surface area contributed by atoms with Crippen LogP contribution in [0.1, 0.15) is 47.1 Å². The van der Waals surface area contributed by atoms with E-state index in [1.54, 1.807) is 13.0 Å². The van der Waals surface area contributed by atoms with Crippen molar-refractivity contribution in [2.45, 2.75) is 72.2 Å². The van der Waals surface area contributed by atoms with Crippen LogP contribution in [0.3, 0.4) is 0 Å². The lowest BCUT2D eigenvalue weighted by molar-refractivity contribution is -0.150. The van der Waals surface area contributed by atoms with E-state index in [1.165, 1.54) is 12.5 Å². The molecule has 0 aliphatic heterocycles. The predicted molar refractivity (Wildman–Crippen MR) is 127 cm³/mol. The summed E-state index contributed by atoms with van der Waals surface area (Å²) in [6, 6.07) is 10.2. The third kappa shape index (κ3) is 9.23. The van der Waals surface area contributed by atoms with Gasteiger partial charge in [0.25, 0.3) is 0 Å². The Bertz CT molecular complexity index is 775. The monoisotopic (exact) mass is 446 g/mol. The van der Waals surface area contributed by atoms with E-state index in [0.29, 0.717) is 0 Å². The Hall–Kier alpha value is -2.18. The first kappa shape index (κ1) is 26.9. The van der Waals surface area contributed by atoms with E-state index in [1.807, 2.05) is 31.2 Å². The van der Waals surface area contributed by atoms with Gasteiger partial charge in [-0.05, 0) is 43.1 Å². The van der Waals surface area contributed by atoms with Gasteiger partial charge in [0.2, 0.25) is 5.76 Å². The largest absolute Gasteiger partial charge is 0.460 e. The molecule has 0 heterocycles. The number of esters is 2. The molecule has 0 fully saturated rings.